The Morgan fingerprint density at radius 3 is 1.26 bits per heavy atom. The fraction of sp³-hybridized carbons (Fsp3) is 0.394. The molecule has 1 unspecified atom stereocenters. The summed E-state index contributed by atoms with van der Waals surface area (Å²) in [6, 6.07) is 30.6. The van der Waals surface area contributed by atoms with Crippen LogP contribution in [0.4, 0.5) is 26.3 Å². The van der Waals surface area contributed by atoms with Crippen LogP contribution in [-0.4, -0.2) is 125 Å². The van der Waals surface area contributed by atoms with Gasteiger partial charge in [0.1, 0.15) is 62.3 Å². The molecule has 4 aliphatic rings. The molecular weight excluding hydrogens is 1300 g/mol. The molecular formula is C66H71F6N5O14S3. The van der Waals surface area contributed by atoms with E-state index < -0.39 is 135 Å². The van der Waals surface area contributed by atoms with Crippen LogP contribution in [-0.2, 0) is 94.2 Å². The van der Waals surface area contributed by atoms with Crippen molar-refractivity contribution in [3.63, 3.8) is 0 Å². The van der Waals surface area contributed by atoms with Crippen molar-refractivity contribution in [2.24, 2.45) is 0 Å². The Morgan fingerprint density at radius 2 is 0.883 bits per heavy atom. The monoisotopic (exact) mass is 1370 g/mol. The van der Waals surface area contributed by atoms with Gasteiger partial charge < -0.3 is 29.2 Å². The number of benzene rings is 6. The van der Waals surface area contributed by atoms with E-state index in [1.54, 1.807) is 99.6 Å². The van der Waals surface area contributed by atoms with Gasteiger partial charge in [0.25, 0.3) is 0 Å². The lowest BCUT2D eigenvalue weighted by Crippen LogP contribution is -2.44. The smallest absolute Gasteiger partial charge is 0.422 e. The number of hydrogen-bond donors (Lipinski definition) is 0. The maximum atomic E-state index is 15.1. The van der Waals surface area contributed by atoms with Gasteiger partial charge in [0.15, 0.2) is 6.10 Å². The quantitative estimate of drug-likeness (QED) is 0.0206. The molecule has 0 aliphatic carbocycles. The van der Waals surface area contributed by atoms with Gasteiger partial charge in [0.05, 0.1) is 41.0 Å². The van der Waals surface area contributed by atoms with Crippen molar-refractivity contribution >= 4 is 53.7 Å². The van der Waals surface area contributed by atoms with Crippen LogP contribution in [0.15, 0.2) is 127 Å². The van der Waals surface area contributed by atoms with E-state index >= 15 is 8.78 Å². The van der Waals surface area contributed by atoms with E-state index in [2.05, 4.69) is 14.3 Å². The molecule has 4 fully saturated rings. The van der Waals surface area contributed by atoms with Crippen LogP contribution in [0.1, 0.15) is 131 Å². The second-order valence-corrected chi connectivity index (χ2v) is 29.3. The maximum Gasteiger partial charge on any atom is 0.422 e. The summed E-state index contributed by atoms with van der Waals surface area (Å²) < 4.78 is 196. The van der Waals surface area contributed by atoms with Crippen molar-refractivity contribution in [3.8, 4) is 0 Å². The number of hydrogen-bond acceptors (Lipinski definition) is 14. The average Bonchev–Trinajstić information content (AvgIpc) is 0.781. The molecule has 6 aromatic rings. The Hall–Kier alpha value is -7.66. The summed E-state index contributed by atoms with van der Waals surface area (Å²) in [5.74, 6) is -7.92. The van der Waals surface area contributed by atoms with E-state index in [4.69, 9.17) is 19.7 Å². The Morgan fingerprint density at radius 1 is 0.511 bits per heavy atom. The summed E-state index contributed by atoms with van der Waals surface area (Å²) in [5, 5.41) is -2.24. The lowest BCUT2D eigenvalue weighted by atomic mass is 10.0. The first-order valence-corrected chi connectivity index (χ1v) is 34.4. The largest absolute Gasteiger partial charge is 0.469 e. The molecule has 0 radical (unpaired) electrons. The number of sulfonamides is 3. The van der Waals surface area contributed by atoms with Crippen LogP contribution in [0.2, 0.25) is 0 Å². The number of carbonyl (C=O) groups excluding carboxylic acids is 3. The molecule has 0 N–H and O–H groups in total. The lowest BCUT2D eigenvalue weighted by molar-refractivity contribution is -0.183. The summed E-state index contributed by atoms with van der Waals surface area (Å²) in [4.78, 5) is 37.8. The second kappa shape index (κ2) is 31.3. The molecule has 4 aliphatic heterocycles. The highest BCUT2D eigenvalue weighted by Crippen LogP contribution is 2.42. The summed E-state index contributed by atoms with van der Waals surface area (Å²) in [7, 11) is -8.12. The number of ether oxygens (including phenoxy) is 5. The third-order valence-electron chi connectivity index (χ3n) is 17.0. The predicted octanol–water partition coefficient (Wildman–Crippen LogP) is 10.6. The molecule has 0 spiro atoms. The van der Waals surface area contributed by atoms with Crippen LogP contribution in [0.25, 0.3) is 5.53 Å². The van der Waals surface area contributed by atoms with Crippen LogP contribution < -0.4 is 0 Å². The SMILES string of the molecule is COC(=O)C(=[N+]=[N-])c1cc(F)c(CN2[C@@H](C)CC[C@H](c3ccccc3)S2(=O)=O)cc1F.COC(=O)C(OC1COC1)c1cc(F)c(CN2[C@@H](C)CC[C@H](c3ccccc3)S2(=O)=O)cc1F.COC(=O)Cc1cc(F)c(CN2[C@@H](C)CC[C@H](c3ccccc3)S2(=O)=O)cc1F. The van der Waals surface area contributed by atoms with Gasteiger partial charge in [0, 0.05) is 65.6 Å². The van der Waals surface area contributed by atoms with Gasteiger partial charge in [-0.25, -0.2) is 61.2 Å². The van der Waals surface area contributed by atoms with Gasteiger partial charge in [-0.15, -0.1) is 0 Å². The molecule has 10 rings (SSSR count). The van der Waals surface area contributed by atoms with E-state index in [0.29, 0.717) is 61.3 Å². The zero-order chi connectivity index (χ0) is 68.4. The number of esters is 3. The molecule has 28 heteroatoms. The summed E-state index contributed by atoms with van der Waals surface area (Å²) in [6.07, 6.45) is 0.824. The first-order chi connectivity index (χ1) is 44.7. The number of halogens is 6. The highest BCUT2D eigenvalue weighted by molar-refractivity contribution is 7.90. The topological polar surface area (TPSA) is 246 Å². The van der Waals surface area contributed by atoms with E-state index in [1.165, 1.54) is 12.9 Å². The van der Waals surface area contributed by atoms with E-state index in [1.807, 2.05) is 12.1 Å². The number of methoxy groups -OCH3 is 3. The molecule has 4 saturated heterocycles. The van der Waals surface area contributed by atoms with Crippen molar-refractivity contribution in [3.05, 3.63) is 218 Å². The van der Waals surface area contributed by atoms with Gasteiger partial charge in [0.2, 0.25) is 30.1 Å². The summed E-state index contributed by atoms with van der Waals surface area (Å²) in [5.41, 5.74) is 8.75. The Bertz CT molecular complexity index is 4120. The first-order valence-electron chi connectivity index (χ1n) is 29.9. The fourth-order valence-electron chi connectivity index (χ4n) is 11.6. The van der Waals surface area contributed by atoms with E-state index in [-0.39, 0.29) is 72.7 Å². The maximum absolute atomic E-state index is 15.1. The minimum Gasteiger partial charge on any atom is -0.469 e. The predicted molar refractivity (Wildman–Crippen MR) is 332 cm³/mol. The van der Waals surface area contributed by atoms with Gasteiger partial charge in [-0.2, -0.15) is 17.7 Å². The van der Waals surface area contributed by atoms with Gasteiger partial charge in [-0.3, -0.25) is 4.79 Å². The average molecular weight is 1370 g/mol. The van der Waals surface area contributed by atoms with Gasteiger partial charge >= 0.3 is 23.6 Å². The number of carbonyl (C=O) groups is 3. The van der Waals surface area contributed by atoms with Crippen LogP contribution in [0.5, 0.6) is 0 Å². The third-order valence-corrected chi connectivity index (χ3v) is 24.1. The van der Waals surface area contributed by atoms with Crippen molar-refractivity contribution in [1.29, 1.82) is 0 Å². The molecule has 0 amide bonds. The van der Waals surface area contributed by atoms with Crippen LogP contribution >= 0.6 is 0 Å². The Balaban J connectivity index is 0.000000182. The van der Waals surface area contributed by atoms with Gasteiger partial charge in [-0.1, -0.05) is 91.0 Å². The van der Waals surface area contributed by atoms with Crippen molar-refractivity contribution in [1.82, 2.24) is 12.9 Å². The first kappa shape index (κ1) is 72.2. The summed E-state index contributed by atoms with van der Waals surface area (Å²) in [6.45, 7) is 4.74. The van der Waals surface area contributed by atoms with Gasteiger partial charge in [-0.05, 0) is 112 Å². The molecule has 19 nitrogen and oxygen atoms in total. The van der Waals surface area contributed by atoms with E-state index in [9.17, 15) is 57.2 Å². The highest BCUT2D eigenvalue weighted by atomic mass is 32.2. The molecule has 7 atom stereocenters. The Kier molecular flexibility index (Phi) is 24.0. The molecule has 0 saturated carbocycles. The summed E-state index contributed by atoms with van der Waals surface area (Å²) >= 11 is 0. The highest BCUT2D eigenvalue weighted by Gasteiger charge is 2.44. The third kappa shape index (κ3) is 16.3. The molecule has 4 heterocycles. The number of nitrogens with zero attached hydrogens (tertiary/aromatic N) is 5. The fourth-order valence-corrected chi connectivity index (χ4v) is 18.2. The molecule has 6 aromatic carbocycles. The minimum absolute atomic E-state index is 0.0692. The zero-order valence-corrected chi connectivity index (χ0v) is 54.6. The molecule has 0 bridgehead atoms. The molecule has 0 aromatic heterocycles. The second-order valence-electron chi connectivity index (χ2n) is 23.1. The Labute approximate surface area is 542 Å². The van der Waals surface area contributed by atoms with Crippen molar-refractivity contribution < 1.29 is 94.5 Å². The molecule has 504 valence electrons. The minimum atomic E-state index is -3.84. The van der Waals surface area contributed by atoms with E-state index in [0.717, 1.165) is 51.7 Å². The van der Waals surface area contributed by atoms with Crippen LogP contribution in [0, 0.1) is 34.9 Å². The van der Waals surface area contributed by atoms with Crippen LogP contribution in [0.3, 0.4) is 0 Å². The van der Waals surface area contributed by atoms with Crippen molar-refractivity contribution in [2.45, 2.75) is 131 Å². The number of rotatable bonds is 17. The zero-order valence-electron chi connectivity index (χ0n) is 52.2. The standard InChI is InChI=1S/C24H27F2NO6S.C21H21F2N3O4S.C21H23F2NO4S/c1-15-8-9-22(16-6-4-3-5-7-16)34(29,30)27(15)12-17-10-21(26)19(11-20(17)25)23(24(28)31-2)33-18-13-32-14-18;1-13-8-9-19(14-6-4-3-5-7-14)31(28,29)26(13)12-15-10-18(23)16(11-17(15)22)20(25-24)21(27)30-2;1-14-8-9-20(15-6-4-3-5-7-15)29(26,27)24(14)13-17-11-18(22)16(10-19(17)23)12-21(25)28-2/h3-7,10-11,15,18,22-23H,8-9,12-14H2,1-2H3;3-7,10-11,13,19H,8-9,12H2,1-2H3;3-7,10-11,14,20H,8-9,12-13H2,1-2H3/t15-,22+,23?;13-,19+;14-,20+/m000/s1. The normalized spacial score (nSPS) is 22.1. The molecule has 94 heavy (non-hydrogen) atoms. The van der Waals surface area contributed by atoms with Crippen molar-refractivity contribution in [2.75, 3.05) is 34.5 Å². The lowest BCUT2D eigenvalue weighted by Gasteiger charge is -2.37.